The lowest BCUT2D eigenvalue weighted by molar-refractivity contribution is -0.238. The highest BCUT2D eigenvalue weighted by atomic mass is 16.7. The van der Waals surface area contributed by atoms with E-state index < -0.39 is 29.4 Å². The highest BCUT2D eigenvalue weighted by Crippen LogP contribution is 2.40. The Kier molecular flexibility index (Phi) is 5.74. The molecule has 0 unspecified atom stereocenters. The number of methoxy groups -OCH3 is 3. The number of rotatable bonds is 7. The number of aryl methyl sites for hydroxylation is 1. The smallest absolute Gasteiger partial charge is 0.331 e. The van der Waals surface area contributed by atoms with Crippen molar-refractivity contribution in [1.82, 2.24) is 0 Å². The summed E-state index contributed by atoms with van der Waals surface area (Å²) in [5.41, 5.74) is 0.677. The molecule has 8 heteroatoms. The molecule has 0 saturated carbocycles. The molecular formula is C18H22O8. The summed E-state index contributed by atoms with van der Waals surface area (Å²) < 4.78 is 25.8. The van der Waals surface area contributed by atoms with Crippen LogP contribution >= 0.6 is 0 Å². The molecule has 1 saturated heterocycles. The Morgan fingerprint density at radius 1 is 1.00 bits per heavy atom. The predicted octanol–water partition coefficient (Wildman–Crippen LogP) is 1.67. The van der Waals surface area contributed by atoms with E-state index in [1.165, 1.54) is 35.2 Å². The number of cyclic esters (lactones) is 2. The minimum absolute atomic E-state index is 0.0683. The molecular weight excluding hydrogens is 344 g/mol. The van der Waals surface area contributed by atoms with Crippen LogP contribution < -0.4 is 14.2 Å². The van der Waals surface area contributed by atoms with Crippen LogP contribution in [0.5, 0.6) is 17.2 Å². The van der Waals surface area contributed by atoms with E-state index >= 15 is 0 Å². The summed E-state index contributed by atoms with van der Waals surface area (Å²) in [5, 5.41) is 0. The Morgan fingerprint density at radius 2 is 1.58 bits per heavy atom. The number of benzene rings is 1. The van der Waals surface area contributed by atoms with Gasteiger partial charge in [-0.1, -0.05) is 6.07 Å². The van der Waals surface area contributed by atoms with Crippen LogP contribution in [0.25, 0.3) is 0 Å². The normalized spacial score (nSPS) is 16.5. The number of hydrogen-bond donors (Lipinski definition) is 0. The van der Waals surface area contributed by atoms with Gasteiger partial charge in [0.15, 0.2) is 17.3 Å². The van der Waals surface area contributed by atoms with E-state index in [1.807, 2.05) is 0 Å². The van der Waals surface area contributed by atoms with Gasteiger partial charge in [0.05, 0.1) is 21.3 Å². The first kappa shape index (κ1) is 19.6. The van der Waals surface area contributed by atoms with Crippen LogP contribution in [0.4, 0.5) is 0 Å². The van der Waals surface area contributed by atoms with Gasteiger partial charge in [0.2, 0.25) is 11.7 Å². The maximum absolute atomic E-state index is 12.4. The van der Waals surface area contributed by atoms with Crippen molar-refractivity contribution in [3.05, 3.63) is 17.7 Å². The van der Waals surface area contributed by atoms with E-state index in [0.29, 0.717) is 22.8 Å². The first-order valence-corrected chi connectivity index (χ1v) is 8.00. The van der Waals surface area contributed by atoms with Gasteiger partial charge in [-0.25, -0.2) is 0 Å². The van der Waals surface area contributed by atoms with Gasteiger partial charge < -0.3 is 23.7 Å². The Bertz CT molecular complexity index is 702. The molecule has 1 fully saturated rings. The molecule has 0 aliphatic carbocycles. The lowest BCUT2D eigenvalue weighted by atomic mass is 9.96. The van der Waals surface area contributed by atoms with Crippen molar-refractivity contribution in [2.24, 2.45) is 5.92 Å². The molecule has 0 N–H and O–H groups in total. The lowest BCUT2D eigenvalue weighted by Gasteiger charge is -2.32. The van der Waals surface area contributed by atoms with Crippen molar-refractivity contribution in [3.8, 4) is 17.2 Å². The van der Waals surface area contributed by atoms with E-state index in [4.69, 9.17) is 23.7 Å². The molecule has 26 heavy (non-hydrogen) atoms. The third-order valence-corrected chi connectivity index (χ3v) is 3.91. The van der Waals surface area contributed by atoms with Gasteiger partial charge in [-0.3, -0.25) is 14.4 Å². The number of ether oxygens (including phenoxy) is 5. The largest absolute Gasteiger partial charge is 0.493 e. The molecule has 1 aliphatic heterocycles. The highest BCUT2D eigenvalue weighted by molar-refractivity contribution is 6.15. The minimum atomic E-state index is -1.56. The molecule has 0 aromatic heterocycles. The SMILES string of the molecule is COc1ccc(CCC(=O)C2C(=O)OC(C)(C)OC2=O)c(OC)c1OC. The van der Waals surface area contributed by atoms with E-state index in [-0.39, 0.29) is 12.8 Å². The van der Waals surface area contributed by atoms with Crippen LogP contribution in [-0.2, 0) is 30.3 Å². The third kappa shape index (κ3) is 3.89. The van der Waals surface area contributed by atoms with Gasteiger partial charge in [0.25, 0.3) is 5.79 Å². The molecule has 2 rings (SSSR count). The highest BCUT2D eigenvalue weighted by Gasteiger charge is 2.46. The van der Waals surface area contributed by atoms with Gasteiger partial charge in [0, 0.05) is 20.3 Å². The maximum atomic E-state index is 12.4. The topological polar surface area (TPSA) is 97.4 Å². The summed E-state index contributed by atoms with van der Waals surface area (Å²) in [6, 6.07) is 3.42. The van der Waals surface area contributed by atoms with Gasteiger partial charge in [-0.05, 0) is 18.1 Å². The molecule has 142 valence electrons. The molecule has 1 aromatic carbocycles. The van der Waals surface area contributed by atoms with E-state index in [9.17, 15) is 14.4 Å². The van der Waals surface area contributed by atoms with Gasteiger partial charge in [-0.15, -0.1) is 0 Å². The average molecular weight is 366 g/mol. The Labute approximate surface area is 151 Å². The fourth-order valence-corrected chi connectivity index (χ4v) is 2.74. The summed E-state index contributed by atoms with van der Waals surface area (Å²) in [6.45, 7) is 2.86. The first-order chi connectivity index (χ1) is 12.2. The zero-order chi connectivity index (χ0) is 19.5. The summed E-state index contributed by atoms with van der Waals surface area (Å²) >= 11 is 0. The van der Waals surface area contributed by atoms with Crippen LogP contribution in [0.1, 0.15) is 25.8 Å². The summed E-state index contributed by atoms with van der Waals surface area (Å²) in [5.74, 6) is -3.97. The summed E-state index contributed by atoms with van der Waals surface area (Å²) in [4.78, 5) is 36.3. The van der Waals surface area contributed by atoms with E-state index in [0.717, 1.165) is 0 Å². The molecule has 0 radical (unpaired) electrons. The molecule has 0 spiro atoms. The average Bonchev–Trinajstić information content (AvgIpc) is 2.56. The molecule has 0 bridgehead atoms. The third-order valence-electron chi connectivity index (χ3n) is 3.91. The second kappa shape index (κ2) is 7.63. The molecule has 1 aromatic rings. The molecule has 1 aliphatic rings. The zero-order valence-electron chi connectivity index (χ0n) is 15.4. The van der Waals surface area contributed by atoms with Crippen molar-refractivity contribution in [2.75, 3.05) is 21.3 Å². The Hall–Kier alpha value is -2.77. The van der Waals surface area contributed by atoms with Crippen molar-refractivity contribution < 1.29 is 38.1 Å². The van der Waals surface area contributed by atoms with Gasteiger partial charge in [-0.2, -0.15) is 0 Å². The monoisotopic (exact) mass is 366 g/mol. The number of esters is 2. The molecule has 0 atom stereocenters. The van der Waals surface area contributed by atoms with Crippen LogP contribution in [0.15, 0.2) is 12.1 Å². The number of Topliss-reactive ketones (excluding diaryl/α,β-unsaturated/α-hetero) is 1. The predicted molar refractivity (Wildman–Crippen MR) is 89.2 cm³/mol. The quantitative estimate of drug-likeness (QED) is 0.531. The van der Waals surface area contributed by atoms with Gasteiger partial charge >= 0.3 is 11.9 Å². The van der Waals surface area contributed by atoms with Crippen molar-refractivity contribution in [2.45, 2.75) is 32.5 Å². The van der Waals surface area contributed by atoms with Crippen LogP contribution in [0.3, 0.4) is 0 Å². The Morgan fingerprint density at radius 3 is 2.08 bits per heavy atom. The van der Waals surface area contributed by atoms with Crippen molar-refractivity contribution in [3.63, 3.8) is 0 Å². The fraction of sp³-hybridized carbons (Fsp3) is 0.500. The van der Waals surface area contributed by atoms with Crippen LogP contribution in [-0.4, -0.2) is 44.8 Å². The number of carbonyl (C=O) groups excluding carboxylic acids is 3. The maximum Gasteiger partial charge on any atom is 0.331 e. The first-order valence-electron chi connectivity index (χ1n) is 8.00. The summed E-state index contributed by atoms with van der Waals surface area (Å²) in [7, 11) is 4.45. The minimum Gasteiger partial charge on any atom is -0.493 e. The number of carbonyl (C=O) groups is 3. The molecule has 0 amide bonds. The van der Waals surface area contributed by atoms with Crippen molar-refractivity contribution in [1.29, 1.82) is 0 Å². The number of ketones is 1. The number of hydrogen-bond acceptors (Lipinski definition) is 8. The lowest BCUT2D eigenvalue weighted by Crippen LogP contribution is -2.49. The second-order valence-corrected chi connectivity index (χ2v) is 6.13. The van der Waals surface area contributed by atoms with Gasteiger partial charge in [0.1, 0.15) is 0 Å². The van der Waals surface area contributed by atoms with E-state index in [2.05, 4.69) is 0 Å². The van der Waals surface area contributed by atoms with E-state index in [1.54, 1.807) is 12.1 Å². The van der Waals surface area contributed by atoms with Crippen molar-refractivity contribution >= 4 is 17.7 Å². The molecule has 8 nitrogen and oxygen atoms in total. The Balaban J connectivity index is 2.15. The standard InChI is InChI=1S/C18H22O8/c1-18(2)25-16(20)13(17(21)26-18)11(19)8-6-10-7-9-12(22-3)15(24-5)14(10)23-4/h7,9,13H,6,8H2,1-5H3. The molecule has 1 heterocycles. The van der Waals surface area contributed by atoms with Crippen LogP contribution in [0.2, 0.25) is 0 Å². The summed E-state index contributed by atoms with van der Waals surface area (Å²) in [6.07, 6.45) is 0.171. The second-order valence-electron chi connectivity index (χ2n) is 6.13. The zero-order valence-corrected chi connectivity index (χ0v) is 15.4. The fourth-order valence-electron chi connectivity index (χ4n) is 2.74. The van der Waals surface area contributed by atoms with Crippen LogP contribution in [0, 0.1) is 5.92 Å².